The Labute approximate surface area is 96.9 Å². The maximum atomic E-state index is 5.35. The molecule has 2 aromatic rings. The Morgan fingerprint density at radius 3 is 1.50 bits per heavy atom. The summed E-state index contributed by atoms with van der Waals surface area (Å²) in [6.07, 6.45) is 2.53. The van der Waals surface area contributed by atoms with Crippen LogP contribution in [-0.4, -0.2) is 0 Å². The maximum Gasteiger partial charge on any atom is 0.0178 e. The first kappa shape index (κ1) is 10.9. The lowest BCUT2D eigenvalue weighted by atomic mass is 9.97. The summed E-state index contributed by atoms with van der Waals surface area (Å²) in [7, 11) is 0. The Morgan fingerprint density at radius 1 is 0.750 bits per heavy atom. The van der Waals surface area contributed by atoms with E-state index < -0.39 is 0 Å². The molecule has 1 nitrogen and oxygen atoms in total. The summed E-state index contributed by atoms with van der Waals surface area (Å²) in [5, 5.41) is 0. The van der Waals surface area contributed by atoms with Gasteiger partial charge in [0.1, 0.15) is 0 Å². The van der Waals surface area contributed by atoms with E-state index in [2.05, 4.69) is 24.3 Å². The summed E-state index contributed by atoms with van der Waals surface area (Å²) >= 11 is 0. The minimum atomic E-state index is 0.640. The van der Waals surface area contributed by atoms with E-state index in [9.17, 15) is 0 Å². The molecule has 2 aliphatic rings. The fraction of sp³-hybridized carbons (Fsp3) is 0.200. The van der Waals surface area contributed by atoms with Crippen LogP contribution in [0.3, 0.4) is 0 Å². The third kappa shape index (κ3) is 2.94. The van der Waals surface area contributed by atoms with E-state index in [1.165, 1.54) is 29.5 Å². The van der Waals surface area contributed by atoms with E-state index in [-0.39, 0.29) is 0 Å². The Balaban J connectivity index is 0.000000120. The molecule has 0 heterocycles. The van der Waals surface area contributed by atoms with Gasteiger partial charge in [-0.25, -0.2) is 0 Å². The molecule has 0 saturated carbocycles. The summed E-state index contributed by atoms with van der Waals surface area (Å²) in [6, 6.07) is 18.8. The van der Waals surface area contributed by atoms with Gasteiger partial charge >= 0.3 is 0 Å². The molecule has 0 amide bonds. The SMILES string of the molecule is NCc1ccccc1.c1cc2ccc1CC2. The molecule has 82 valence electrons. The Morgan fingerprint density at radius 2 is 1.25 bits per heavy atom. The highest BCUT2D eigenvalue weighted by Gasteiger charge is 2.01. The van der Waals surface area contributed by atoms with Gasteiger partial charge in [-0.15, -0.1) is 0 Å². The first-order valence-corrected chi connectivity index (χ1v) is 5.70. The van der Waals surface area contributed by atoms with Crippen LogP contribution in [0.4, 0.5) is 0 Å². The van der Waals surface area contributed by atoms with Crippen molar-refractivity contribution in [1.29, 1.82) is 0 Å². The predicted molar refractivity (Wildman–Crippen MR) is 68.2 cm³/mol. The lowest BCUT2D eigenvalue weighted by Crippen LogP contribution is -1.97. The molecule has 0 aromatic heterocycles. The third-order valence-corrected chi connectivity index (χ3v) is 2.80. The third-order valence-electron chi connectivity index (χ3n) is 2.80. The van der Waals surface area contributed by atoms with Crippen molar-refractivity contribution in [2.75, 3.05) is 0 Å². The Kier molecular flexibility index (Phi) is 3.73. The molecule has 0 spiro atoms. The normalized spacial score (nSPS) is 11.8. The van der Waals surface area contributed by atoms with Gasteiger partial charge < -0.3 is 5.73 Å². The van der Waals surface area contributed by atoms with Crippen molar-refractivity contribution in [2.24, 2.45) is 5.73 Å². The van der Waals surface area contributed by atoms with E-state index in [0.29, 0.717) is 6.54 Å². The molecular formula is C15H17N. The highest BCUT2D eigenvalue weighted by Crippen LogP contribution is 2.14. The first-order valence-electron chi connectivity index (χ1n) is 5.70. The maximum absolute atomic E-state index is 5.35. The Bertz CT molecular complexity index is 394. The number of rotatable bonds is 1. The van der Waals surface area contributed by atoms with Crippen molar-refractivity contribution >= 4 is 0 Å². The second-order valence-electron chi connectivity index (χ2n) is 4.01. The van der Waals surface area contributed by atoms with Crippen LogP contribution < -0.4 is 5.73 Å². The van der Waals surface area contributed by atoms with Gasteiger partial charge in [0, 0.05) is 6.54 Å². The smallest absolute Gasteiger partial charge is 0.0178 e. The number of aryl methyl sites for hydroxylation is 2. The van der Waals surface area contributed by atoms with Crippen molar-refractivity contribution in [1.82, 2.24) is 0 Å². The minimum absolute atomic E-state index is 0.640. The molecule has 0 saturated heterocycles. The van der Waals surface area contributed by atoms with Crippen LogP contribution >= 0.6 is 0 Å². The fourth-order valence-corrected chi connectivity index (χ4v) is 1.78. The van der Waals surface area contributed by atoms with E-state index in [1.807, 2.05) is 30.3 Å². The lowest BCUT2D eigenvalue weighted by molar-refractivity contribution is 0.921. The number of fused-ring (bicyclic) bond motifs is 3. The van der Waals surface area contributed by atoms with Crippen molar-refractivity contribution in [3.8, 4) is 0 Å². The van der Waals surface area contributed by atoms with Gasteiger partial charge in [0.25, 0.3) is 0 Å². The molecule has 2 aliphatic carbocycles. The van der Waals surface area contributed by atoms with Gasteiger partial charge in [0.15, 0.2) is 0 Å². The molecule has 2 bridgehead atoms. The van der Waals surface area contributed by atoms with Crippen LogP contribution in [-0.2, 0) is 19.4 Å². The van der Waals surface area contributed by atoms with Gasteiger partial charge in [0.05, 0.1) is 0 Å². The standard InChI is InChI=1S/C8H8.C7H9N/c1-2-8-5-3-7(1)4-6-8;8-6-7-4-2-1-3-5-7/h1-3,5H,4,6H2;1-5H,6,8H2. The van der Waals surface area contributed by atoms with Crippen LogP contribution in [0.15, 0.2) is 54.6 Å². The molecule has 0 aliphatic heterocycles. The van der Waals surface area contributed by atoms with Gasteiger partial charge in [0.2, 0.25) is 0 Å². The Hall–Kier alpha value is -1.60. The van der Waals surface area contributed by atoms with Crippen LogP contribution in [0.25, 0.3) is 0 Å². The highest BCUT2D eigenvalue weighted by atomic mass is 14.5. The molecular weight excluding hydrogens is 194 g/mol. The average molecular weight is 211 g/mol. The summed E-state index contributed by atoms with van der Waals surface area (Å²) in [4.78, 5) is 0. The van der Waals surface area contributed by atoms with Crippen LogP contribution in [0.1, 0.15) is 16.7 Å². The molecule has 0 atom stereocenters. The number of hydrogen-bond donors (Lipinski definition) is 1. The van der Waals surface area contributed by atoms with Crippen molar-refractivity contribution < 1.29 is 0 Å². The van der Waals surface area contributed by atoms with E-state index >= 15 is 0 Å². The fourth-order valence-electron chi connectivity index (χ4n) is 1.78. The predicted octanol–water partition coefficient (Wildman–Crippen LogP) is 2.93. The van der Waals surface area contributed by atoms with Gasteiger partial charge in [-0.2, -0.15) is 0 Å². The minimum Gasteiger partial charge on any atom is -0.326 e. The molecule has 2 N–H and O–H groups in total. The number of nitrogens with two attached hydrogens (primary N) is 1. The monoisotopic (exact) mass is 211 g/mol. The molecule has 2 aromatic carbocycles. The zero-order valence-corrected chi connectivity index (χ0v) is 9.39. The summed E-state index contributed by atoms with van der Waals surface area (Å²) in [6.45, 7) is 0.640. The summed E-state index contributed by atoms with van der Waals surface area (Å²) in [5.41, 5.74) is 9.51. The zero-order chi connectivity index (χ0) is 11.2. The van der Waals surface area contributed by atoms with Gasteiger partial charge in [-0.05, 0) is 29.5 Å². The average Bonchev–Trinajstić information content (AvgIpc) is 2.43. The van der Waals surface area contributed by atoms with Crippen molar-refractivity contribution in [3.05, 3.63) is 71.3 Å². The molecule has 16 heavy (non-hydrogen) atoms. The molecule has 4 rings (SSSR count). The second kappa shape index (κ2) is 5.47. The van der Waals surface area contributed by atoms with E-state index in [0.717, 1.165) is 0 Å². The van der Waals surface area contributed by atoms with Crippen molar-refractivity contribution in [3.63, 3.8) is 0 Å². The van der Waals surface area contributed by atoms with Crippen molar-refractivity contribution in [2.45, 2.75) is 19.4 Å². The largest absolute Gasteiger partial charge is 0.326 e. The highest BCUT2D eigenvalue weighted by molar-refractivity contribution is 5.28. The second-order valence-corrected chi connectivity index (χ2v) is 4.01. The van der Waals surface area contributed by atoms with Crippen LogP contribution in [0, 0.1) is 0 Å². The van der Waals surface area contributed by atoms with Crippen LogP contribution in [0.5, 0.6) is 0 Å². The first-order chi connectivity index (χ1) is 7.88. The molecule has 0 fully saturated rings. The van der Waals surface area contributed by atoms with Gasteiger partial charge in [-0.3, -0.25) is 0 Å². The summed E-state index contributed by atoms with van der Waals surface area (Å²) < 4.78 is 0. The quantitative estimate of drug-likeness (QED) is 0.771. The number of benzene rings is 2. The number of hydrogen-bond acceptors (Lipinski definition) is 1. The van der Waals surface area contributed by atoms with E-state index in [1.54, 1.807) is 0 Å². The molecule has 1 heteroatoms. The topological polar surface area (TPSA) is 26.0 Å². The van der Waals surface area contributed by atoms with Crippen LogP contribution in [0.2, 0.25) is 0 Å². The molecule has 0 radical (unpaired) electrons. The lowest BCUT2D eigenvalue weighted by Gasteiger charge is -2.09. The molecule has 0 unspecified atom stereocenters. The summed E-state index contributed by atoms with van der Waals surface area (Å²) in [5.74, 6) is 0. The van der Waals surface area contributed by atoms with Gasteiger partial charge in [-0.1, -0.05) is 54.6 Å². The zero-order valence-electron chi connectivity index (χ0n) is 9.39. The van der Waals surface area contributed by atoms with E-state index in [4.69, 9.17) is 5.73 Å².